The van der Waals surface area contributed by atoms with Crippen LogP contribution in [0.15, 0.2) is 78.2 Å². The normalized spacial score (nSPS) is 15.9. The molecule has 3 aromatic rings. The van der Waals surface area contributed by atoms with Gasteiger partial charge in [0, 0.05) is 16.8 Å². The van der Waals surface area contributed by atoms with Crippen molar-refractivity contribution in [2.75, 3.05) is 11.9 Å². The highest BCUT2D eigenvalue weighted by atomic mass is 32.2. The average Bonchev–Trinajstić information content (AvgIpc) is 3.23. The summed E-state index contributed by atoms with van der Waals surface area (Å²) in [5, 5.41) is 6.32. The molecule has 2 N–H and O–H groups in total. The molecule has 0 unspecified atom stereocenters. The molecule has 5 nitrogen and oxygen atoms in total. The lowest BCUT2D eigenvalue weighted by Gasteiger charge is -2.17. The predicted octanol–water partition coefficient (Wildman–Crippen LogP) is 6.69. The number of halogens is 1. The fourth-order valence-electron chi connectivity index (χ4n) is 3.97. The standard InChI is InChI=1S/C30H31FN2O3S/c1-4-9-22-16-21(17-26(35-6-3)28(22)36-19-23-10-7-8-11-25(23)31)18-27-29(34)33-30(37-27)32-24-14-12-20(5-2)13-15-24/h4,7-8,10-18,30,32H,1,5-6,9,19H2,2-3H3,(H,33,34)/b27-18-/t30-/m1/s1. The first kappa shape index (κ1) is 26.4. The molecule has 1 saturated heterocycles. The maximum atomic E-state index is 14.1. The fourth-order valence-corrected chi connectivity index (χ4v) is 4.96. The molecule has 0 saturated carbocycles. The lowest BCUT2D eigenvalue weighted by Crippen LogP contribution is -2.30. The maximum Gasteiger partial charge on any atom is 0.260 e. The summed E-state index contributed by atoms with van der Waals surface area (Å²) >= 11 is 1.43. The number of ether oxygens (including phenoxy) is 2. The van der Waals surface area contributed by atoms with E-state index in [2.05, 4.69) is 36.3 Å². The largest absolute Gasteiger partial charge is 0.490 e. The highest BCUT2D eigenvalue weighted by molar-refractivity contribution is 8.05. The summed E-state index contributed by atoms with van der Waals surface area (Å²) in [6.45, 7) is 8.37. The lowest BCUT2D eigenvalue weighted by molar-refractivity contribution is -0.116. The van der Waals surface area contributed by atoms with Crippen LogP contribution in [0.5, 0.6) is 11.5 Å². The van der Waals surface area contributed by atoms with Crippen molar-refractivity contribution in [1.29, 1.82) is 0 Å². The van der Waals surface area contributed by atoms with Crippen LogP contribution < -0.4 is 20.1 Å². The minimum absolute atomic E-state index is 0.0716. The molecule has 0 spiro atoms. The first-order valence-corrected chi connectivity index (χ1v) is 13.2. The lowest BCUT2D eigenvalue weighted by atomic mass is 10.0. The Labute approximate surface area is 221 Å². The van der Waals surface area contributed by atoms with Gasteiger partial charge in [0.05, 0.1) is 11.5 Å². The summed E-state index contributed by atoms with van der Waals surface area (Å²) < 4.78 is 26.1. The Kier molecular flexibility index (Phi) is 8.90. The molecule has 0 radical (unpaired) electrons. The van der Waals surface area contributed by atoms with Crippen LogP contribution in [0.1, 0.15) is 36.1 Å². The molecule has 0 aromatic heterocycles. The summed E-state index contributed by atoms with van der Waals surface area (Å²) in [6, 6.07) is 18.5. The zero-order valence-corrected chi connectivity index (χ0v) is 21.9. The molecular formula is C30H31FN2O3S. The Hall–Kier alpha value is -3.71. The van der Waals surface area contributed by atoms with E-state index < -0.39 is 0 Å². The van der Waals surface area contributed by atoms with Crippen molar-refractivity contribution >= 4 is 29.4 Å². The van der Waals surface area contributed by atoms with Crippen molar-refractivity contribution in [3.63, 3.8) is 0 Å². The van der Waals surface area contributed by atoms with Crippen molar-refractivity contribution in [1.82, 2.24) is 5.32 Å². The van der Waals surface area contributed by atoms with Crippen LogP contribution in [-0.2, 0) is 24.2 Å². The van der Waals surface area contributed by atoms with Crippen LogP contribution in [0.4, 0.5) is 10.1 Å². The second kappa shape index (κ2) is 12.5. The van der Waals surface area contributed by atoms with Gasteiger partial charge in [-0.2, -0.15) is 0 Å². The quantitative estimate of drug-likeness (QED) is 0.219. The van der Waals surface area contributed by atoms with Crippen LogP contribution in [0.25, 0.3) is 6.08 Å². The van der Waals surface area contributed by atoms with Crippen LogP contribution in [0.2, 0.25) is 0 Å². The number of rotatable bonds is 11. The number of aryl methyl sites for hydroxylation is 1. The van der Waals surface area contributed by atoms with Crippen LogP contribution in [-0.4, -0.2) is 18.0 Å². The summed E-state index contributed by atoms with van der Waals surface area (Å²) in [5.41, 5.74) is 4.05. The zero-order valence-electron chi connectivity index (χ0n) is 21.1. The molecule has 192 valence electrons. The zero-order chi connectivity index (χ0) is 26.2. The number of hydrogen-bond acceptors (Lipinski definition) is 5. The minimum Gasteiger partial charge on any atom is -0.490 e. The monoisotopic (exact) mass is 518 g/mol. The Morgan fingerprint density at radius 3 is 2.57 bits per heavy atom. The van der Waals surface area contributed by atoms with Crippen molar-refractivity contribution in [3.8, 4) is 11.5 Å². The van der Waals surface area contributed by atoms with E-state index in [1.807, 2.05) is 37.3 Å². The number of allylic oxidation sites excluding steroid dienone is 1. The highest BCUT2D eigenvalue weighted by Gasteiger charge is 2.27. The Morgan fingerprint density at radius 2 is 1.86 bits per heavy atom. The molecule has 0 bridgehead atoms. The number of hydrogen-bond donors (Lipinski definition) is 2. The van der Waals surface area contributed by atoms with Crippen molar-refractivity contribution < 1.29 is 18.7 Å². The number of nitrogens with one attached hydrogen (secondary N) is 2. The van der Waals surface area contributed by atoms with Gasteiger partial charge in [-0.15, -0.1) is 6.58 Å². The average molecular weight is 519 g/mol. The predicted molar refractivity (Wildman–Crippen MR) is 149 cm³/mol. The maximum absolute atomic E-state index is 14.1. The van der Waals surface area contributed by atoms with Crippen LogP contribution in [0, 0.1) is 5.82 Å². The summed E-state index contributed by atoms with van der Waals surface area (Å²) in [5.74, 6) is 0.626. The molecule has 1 atom stereocenters. The van der Waals surface area contributed by atoms with Gasteiger partial charge in [-0.3, -0.25) is 4.79 Å². The number of carbonyl (C=O) groups excluding carboxylic acids is 1. The van der Waals surface area contributed by atoms with Gasteiger partial charge in [0.2, 0.25) is 0 Å². The second-order valence-electron chi connectivity index (χ2n) is 8.49. The van der Waals surface area contributed by atoms with Gasteiger partial charge in [-0.05, 0) is 67.3 Å². The molecule has 37 heavy (non-hydrogen) atoms. The topological polar surface area (TPSA) is 59.6 Å². The Balaban J connectivity index is 1.56. The fraction of sp³-hybridized carbons (Fsp3) is 0.233. The van der Waals surface area contributed by atoms with Gasteiger partial charge in [0.15, 0.2) is 17.0 Å². The van der Waals surface area contributed by atoms with E-state index in [1.165, 1.54) is 23.4 Å². The third-order valence-corrected chi connectivity index (χ3v) is 6.87. The Morgan fingerprint density at radius 1 is 1.08 bits per heavy atom. The third-order valence-electron chi connectivity index (χ3n) is 5.84. The summed E-state index contributed by atoms with van der Waals surface area (Å²) in [4.78, 5) is 13.3. The number of carbonyl (C=O) groups is 1. The van der Waals surface area contributed by atoms with E-state index in [0.717, 1.165) is 23.2 Å². The minimum atomic E-state index is -0.319. The van der Waals surface area contributed by atoms with E-state index in [1.54, 1.807) is 24.3 Å². The summed E-state index contributed by atoms with van der Waals surface area (Å²) in [6.07, 6.45) is 5.13. The molecule has 1 aliphatic heterocycles. The molecule has 4 rings (SSSR count). The van der Waals surface area contributed by atoms with Crippen LogP contribution >= 0.6 is 11.8 Å². The van der Waals surface area contributed by atoms with Gasteiger partial charge in [0.25, 0.3) is 5.91 Å². The molecule has 1 amide bonds. The first-order chi connectivity index (χ1) is 18.0. The SMILES string of the molecule is C=CCc1cc(/C=C2\S[C@H](Nc3ccc(CC)cc3)NC2=O)cc(OCC)c1OCc1ccccc1F. The van der Waals surface area contributed by atoms with E-state index in [-0.39, 0.29) is 23.8 Å². The van der Waals surface area contributed by atoms with Crippen molar-refractivity contribution in [2.24, 2.45) is 0 Å². The highest BCUT2D eigenvalue weighted by Crippen LogP contribution is 2.37. The number of thioether (sulfide) groups is 1. The molecule has 1 aliphatic rings. The molecule has 3 aromatic carbocycles. The number of benzene rings is 3. The van der Waals surface area contributed by atoms with Gasteiger partial charge >= 0.3 is 0 Å². The van der Waals surface area contributed by atoms with Gasteiger partial charge in [0.1, 0.15) is 12.4 Å². The molecular weight excluding hydrogens is 487 g/mol. The summed E-state index contributed by atoms with van der Waals surface area (Å²) in [7, 11) is 0. The van der Waals surface area contributed by atoms with Crippen molar-refractivity contribution in [3.05, 3.63) is 106 Å². The number of anilines is 1. The number of amides is 1. The van der Waals surface area contributed by atoms with Crippen LogP contribution in [0.3, 0.4) is 0 Å². The van der Waals surface area contributed by atoms with Gasteiger partial charge < -0.3 is 20.1 Å². The second-order valence-corrected chi connectivity index (χ2v) is 9.63. The first-order valence-electron chi connectivity index (χ1n) is 12.3. The third kappa shape index (κ3) is 6.74. The van der Waals surface area contributed by atoms with E-state index >= 15 is 0 Å². The smallest absolute Gasteiger partial charge is 0.260 e. The van der Waals surface area contributed by atoms with Gasteiger partial charge in [-0.1, -0.05) is 55.1 Å². The molecule has 1 fully saturated rings. The van der Waals surface area contributed by atoms with E-state index in [4.69, 9.17) is 9.47 Å². The van der Waals surface area contributed by atoms with E-state index in [0.29, 0.717) is 35.0 Å². The van der Waals surface area contributed by atoms with Crippen molar-refractivity contribution in [2.45, 2.75) is 38.8 Å². The molecule has 0 aliphatic carbocycles. The molecule has 7 heteroatoms. The van der Waals surface area contributed by atoms with Gasteiger partial charge in [-0.25, -0.2) is 4.39 Å². The molecule has 1 heterocycles. The van der Waals surface area contributed by atoms with E-state index in [9.17, 15) is 9.18 Å². The Bertz CT molecular complexity index is 1290.